The zero-order valence-electron chi connectivity index (χ0n) is 23.8. The van der Waals surface area contributed by atoms with Crippen molar-refractivity contribution in [1.82, 2.24) is 4.90 Å². The van der Waals surface area contributed by atoms with Crippen LogP contribution in [0.3, 0.4) is 0 Å². The van der Waals surface area contributed by atoms with E-state index >= 15 is 0 Å². The molecule has 0 aromatic heterocycles. The number of hydrogen-bond acceptors (Lipinski definition) is 2. The summed E-state index contributed by atoms with van der Waals surface area (Å²) >= 11 is 0. The lowest BCUT2D eigenvalue weighted by molar-refractivity contribution is 0.106. The van der Waals surface area contributed by atoms with Gasteiger partial charge in [0.15, 0.2) is 0 Å². The highest BCUT2D eigenvalue weighted by molar-refractivity contribution is 7.02. The van der Waals surface area contributed by atoms with E-state index in [0.717, 1.165) is 25.8 Å². The topological polar surface area (TPSA) is 23.5 Å². The molecule has 206 valence electrons. The zero-order chi connectivity index (χ0) is 28.1. The van der Waals surface area contributed by atoms with Gasteiger partial charge in [-0.15, -0.1) is 0 Å². The minimum Gasteiger partial charge on any atom is -0.396 e. The molecule has 6 rings (SSSR count). The molecule has 0 aliphatic carbocycles. The van der Waals surface area contributed by atoms with Gasteiger partial charge in [0.1, 0.15) is 8.07 Å². The van der Waals surface area contributed by atoms with Crippen LogP contribution in [-0.2, 0) is 5.54 Å². The number of aliphatic hydroxyl groups is 1. The number of aliphatic hydroxyl groups excluding tert-OH is 1. The molecule has 1 heterocycles. The monoisotopic (exact) mass is 553 g/mol. The maximum absolute atomic E-state index is 12.4. The van der Waals surface area contributed by atoms with Crippen LogP contribution in [0.5, 0.6) is 0 Å². The van der Waals surface area contributed by atoms with Crippen molar-refractivity contribution in [2.45, 2.75) is 43.1 Å². The Labute approximate surface area is 246 Å². The summed E-state index contributed by atoms with van der Waals surface area (Å²) in [6, 6.07) is 54.6. The number of benzene rings is 5. The van der Waals surface area contributed by atoms with Crippen molar-refractivity contribution in [1.29, 1.82) is 0 Å². The highest BCUT2D eigenvalue weighted by Crippen LogP contribution is 2.46. The molecular formula is C38H39NOSi. The van der Waals surface area contributed by atoms with Crippen LogP contribution in [0.1, 0.15) is 36.0 Å². The molecule has 1 fully saturated rings. The molecular weight excluding hydrogens is 515 g/mol. The highest BCUT2D eigenvalue weighted by atomic mass is 28.3. The number of likely N-dealkylation sites (tertiary alicyclic amines) is 1. The highest BCUT2D eigenvalue weighted by Gasteiger charge is 2.49. The molecule has 5 aromatic carbocycles. The molecule has 1 unspecified atom stereocenters. The molecule has 0 radical (unpaired) electrons. The minimum atomic E-state index is -2.47. The summed E-state index contributed by atoms with van der Waals surface area (Å²) < 4.78 is 0. The molecule has 1 N–H and O–H groups in total. The van der Waals surface area contributed by atoms with Gasteiger partial charge in [-0.2, -0.15) is 0 Å². The molecule has 41 heavy (non-hydrogen) atoms. The summed E-state index contributed by atoms with van der Waals surface area (Å²) in [4.78, 5) is 2.71. The predicted octanol–water partition coefficient (Wildman–Crippen LogP) is 6.63. The zero-order valence-corrected chi connectivity index (χ0v) is 24.8. The fourth-order valence-corrected chi connectivity index (χ4v) is 10.8. The number of rotatable bonds is 9. The van der Waals surface area contributed by atoms with Crippen LogP contribution in [0.4, 0.5) is 0 Å². The number of nitrogens with zero attached hydrogens (tertiary/aromatic N) is 1. The Morgan fingerprint density at radius 2 is 1.00 bits per heavy atom. The van der Waals surface area contributed by atoms with Gasteiger partial charge in [-0.3, -0.25) is 4.90 Å². The van der Waals surface area contributed by atoms with Gasteiger partial charge in [0.2, 0.25) is 0 Å². The van der Waals surface area contributed by atoms with Crippen molar-refractivity contribution < 1.29 is 5.11 Å². The lowest BCUT2D eigenvalue weighted by atomic mass is 9.75. The van der Waals surface area contributed by atoms with Gasteiger partial charge in [0.25, 0.3) is 0 Å². The van der Waals surface area contributed by atoms with E-state index in [4.69, 9.17) is 0 Å². The maximum atomic E-state index is 12.4. The average molecular weight is 554 g/mol. The Kier molecular flexibility index (Phi) is 8.02. The van der Waals surface area contributed by atoms with Crippen LogP contribution in [0.25, 0.3) is 0 Å². The van der Waals surface area contributed by atoms with E-state index in [9.17, 15) is 5.11 Å². The third-order valence-corrected chi connectivity index (χ3v) is 13.9. The van der Waals surface area contributed by atoms with E-state index in [-0.39, 0.29) is 6.04 Å². The predicted molar refractivity (Wildman–Crippen MR) is 173 cm³/mol. The molecule has 0 saturated carbocycles. The second-order valence-electron chi connectivity index (χ2n) is 11.5. The number of hydrogen-bond donors (Lipinski definition) is 1. The van der Waals surface area contributed by atoms with Gasteiger partial charge in [0, 0.05) is 6.04 Å². The van der Waals surface area contributed by atoms with E-state index in [1.807, 2.05) is 0 Å². The minimum absolute atomic E-state index is 0.227. The fraction of sp³-hybridized carbons (Fsp3) is 0.211. The first-order valence-electron chi connectivity index (χ1n) is 14.9. The molecule has 5 aromatic rings. The third kappa shape index (κ3) is 4.99. The summed E-state index contributed by atoms with van der Waals surface area (Å²) in [5.74, 6) is 0. The van der Waals surface area contributed by atoms with E-state index in [1.165, 1.54) is 27.1 Å². The van der Waals surface area contributed by atoms with Gasteiger partial charge < -0.3 is 5.11 Å². The van der Waals surface area contributed by atoms with E-state index in [0.29, 0.717) is 0 Å². The second-order valence-corrected chi connectivity index (χ2v) is 15.7. The largest absolute Gasteiger partial charge is 0.396 e. The summed E-state index contributed by atoms with van der Waals surface area (Å²) in [7, 11) is -2.47. The molecule has 3 heteroatoms. The van der Waals surface area contributed by atoms with Crippen molar-refractivity contribution in [2.24, 2.45) is 0 Å². The first-order valence-corrected chi connectivity index (χ1v) is 17.5. The average Bonchev–Trinajstić information content (AvgIpc) is 3.51. The second kappa shape index (κ2) is 12.0. The summed E-state index contributed by atoms with van der Waals surface area (Å²) in [5.41, 5.74) is 2.92. The first-order chi connectivity index (χ1) is 20.1. The normalized spacial score (nSPS) is 16.9. The van der Waals surface area contributed by atoms with Crippen LogP contribution >= 0.6 is 0 Å². The summed E-state index contributed by atoms with van der Waals surface area (Å²) in [6.07, 6.45) is 2.92. The van der Waals surface area contributed by atoms with Gasteiger partial charge in [-0.1, -0.05) is 169 Å². The molecule has 1 saturated heterocycles. The molecule has 0 amide bonds. The Hall–Kier alpha value is -3.76. The summed E-state index contributed by atoms with van der Waals surface area (Å²) in [6.45, 7) is 3.32. The first kappa shape index (κ1) is 27.4. The van der Waals surface area contributed by atoms with Gasteiger partial charge in [-0.25, -0.2) is 0 Å². The van der Waals surface area contributed by atoms with Crippen molar-refractivity contribution in [2.75, 3.05) is 6.54 Å². The van der Waals surface area contributed by atoms with Gasteiger partial charge in [-0.05, 0) is 42.5 Å². The van der Waals surface area contributed by atoms with Gasteiger partial charge >= 0.3 is 0 Å². The third-order valence-electron chi connectivity index (χ3n) is 9.29. The quantitative estimate of drug-likeness (QED) is 0.164. The molecule has 0 bridgehead atoms. The van der Waals surface area contributed by atoms with Crippen LogP contribution in [0, 0.1) is 0 Å². The molecule has 2 atom stereocenters. The molecule has 0 spiro atoms. The lowest BCUT2D eigenvalue weighted by Gasteiger charge is -2.48. The standard InChI is InChI=1S/C38H39NOSi/c1-41(35-25-13-5-14-26-35,36-27-15-6-16-28-36)37(40)30-34-24-17-29-39(34)38(31-18-7-2-8-19-31,32-20-9-3-10-21-32)33-22-11-4-12-23-33/h2-16,18-23,25-28,34,37,40H,17,24,29-30H2,1H3/t34?,37-/m0/s1. The van der Waals surface area contributed by atoms with Crippen molar-refractivity contribution in [3.8, 4) is 0 Å². The Bertz CT molecular complexity index is 1370. The van der Waals surface area contributed by atoms with Crippen molar-refractivity contribution >= 4 is 18.4 Å². The van der Waals surface area contributed by atoms with E-state index in [2.05, 4.69) is 163 Å². The Morgan fingerprint density at radius 3 is 1.39 bits per heavy atom. The van der Waals surface area contributed by atoms with Gasteiger partial charge in [0.05, 0.1) is 11.3 Å². The maximum Gasteiger partial charge on any atom is 0.145 e. The molecule has 2 nitrogen and oxygen atoms in total. The van der Waals surface area contributed by atoms with Crippen LogP contribution in [0.2, 0.25) is 6.55 Å². The SMILES string of the molecule is C[Si](c1ccccc1)(c1ccccc1)[C@H](O)CC1CCCN1C(c1ccccc1)(c1ccccc1)c1ccccc1. The Balaban J connectivity index is 1.47. The van der Waals surface area contributed by atoms with Crippen LogP contribution in [-0.4, -0.2) is 36.4 Å². The molecule has 1 aliphatic heterocycles. The lowest BCUT2D eigenvalue weighted by Crippen LogP contribution is -2.65. The van der Waals surface area contributed by atoms with Crippen LogP contribution in [0.15, 0.2) is 152 Å². The smallest absolute Gasteiger partial charge is 0.145 e. The summed E-state index contributed by atoms with van der Waals surface area (Å²) in [5, 5.41) is 14.9. The van der Waals surface area contributed by atoms with Crippen molar-refractivity contribution in [3.05, 3.63) is 168 Å². The van der Waals surface area contributed by atoms with Crippen molar-refractivity contribution in [3.63, 3.8) is 0 Å². The van der Waals surface area contributed by atoms with E-state index < -0.39 is 19.3 Å². The Morgan fingerprint density at radius 1 is 0.634 bits per heavy atom. The van der Waals surface area contributed by atoms with E-state index in [1.54, 1.807) is 0 Å². The van der Waals surface area contributed by atoms with Crippen LogP contribution < -0.4 is 10.4 Å². The fourth-order valence-electron chi connectivity index (χ4n) is 7.17. The molecule has 1 aliphatic rings.